The Labute approximate surface area is 94.5 Å². The molecule has 0 aliphatic heterocycles. The zero-order valence-corrected chi connectivity index (χ0v) is 9.02. The van der Waals surface area contributed by atoms with Crippen LogP contribution < -0.4 is 11.1 Å². The van der Waals surface area contributed by atoms with Crippen LogP contribution in [-0.4, -0.2) is 18.1 Å². The Bertz CT molecular complexity index is 408. The van der Waals surface area contributed by atoms with Gasteiger partial charge >= 0.3 is 0 Å². The highest BCUT2D eigenvalue weighted by atomic mass is 16.3. The van der Waals surface area contributed by atoms with Gasteiger partial charge in [0, 0.05) is 17.8 Å². The number of hydrogen-bond acceptors (Lipinski definition) is 4. The molecule has 16 heavy (non-hydrogen) atoms. The minimum absolute atomic E-state index is 0.711. The van der Waals surface area contributed by atoms with Gasteiger partial charge in [-0.15, -0.1) is 0 Å². The van der Waals surface area contributed by atoms with Gasteiger partial charge in [0.2, 0.25) is 0 Å². The first-order chi connectivity index (χ1) is 7.90. The molecule has 0 aliphatic rings. The van der Waals surface area contributed by atoms with Gasteiger partial charge in [0.25, 0.3) is 0 Å². The molecule has 0 bridgehead atoms. The number of nitrogens with zero attached hydrogens (tertiary/aromatic N) is 1. The summed E-state index contributed by atoms with van der Waals surface area (Å²) in [5.74, 6) is 0.786. The van der Waals surface area contributed by atoms with E-state index in [0.29, 0.717) is 6.54 Å². The first-order valence-electron chi connectivity index (χ1n) is 5.33. The van der Waals surface area contributed by atoms with E-state index in [2.05, 4.69) is 10.3 Å². The van der Waals surface area contributed by atoms with Gasteiger partial charge in [0.15, 0.2) is 12.2 Å². The summed E-state index contributed by atoms with van der Waals surface area (Å²) in [6.45, 7) is 1.61. The molecule has 4 nitrogen and oxygen atoms in total. The highest BCUT2D eigenvalue weighted by Gasteiger charge is 2.00. The quantitative estimate of drug-likeness (QED) is 0.753. The second kappa shape index (κ2) is 5.32. The van der Waals surface area contributed by atoms with Crippen LogP contribution in [0.3, 0.4) is 0 Å². The summed E-state index contributed by atoms with van der Waals surface area (Å²) in [6.07, 6.45) is 4.11. The van der Waals surface area contributed by atoms with Crippen LogP contribution in [0.4, 0.5) is 5.69 Å². The number of nitrogens with one attached hydrogen (secondary N) is 1. The third kappa shape index (κ3) is 2.61. The summed E-state index contributed by atoms with van der Waals surface area (Å²) in [5.41, 5.74) is 7.55. The van der Waals surface area contributed by atoms with E-state index >= 15 is 0 Å². The lowest BCUT2D eigenvalue weighted by atomic mass is 10.1. The third-order valence-electron chi connectivity index (χ3n) is 2.31. The minimum atomic E-state index is 0.711. The van der Waals surface area contributed by atoms with Crippen molar-refractivity contribution in [3.8, 4) is 11.3 Å². The third-order valence-corrected chi connectivity index (χ3v) is 2.31. The van der Waals surface area contributed by atoms with Gasteiger partial charge in [-0.1, -0.05) is 0 Å². The molecule has 3 N–H and O–H groups in total. The minimum Gasteiger partial charge on any atom is -0.444 e. The fraction of sp³-hybridized carbons (Fsp3) is 0.250. The van der Waals surface area contributed by atoms with E-state index in [0.717, 1.165) is 30.0 Å². The lowest BCUT2D eigenvalue weighted by Gasteiger charge is -2.05. The van der Waals surface area contributed by atoms with Crippen LogP contribution in [0.25, 0.3) is 11.3 Å². The Morgan fingerprint density at radius 2 is 2.06 bits per heavy atom. The summed E-state index contributed by atoms with van der Waals surface area (Å²) in [7, 11) is 0. The standard InChI is InChI=1S/C12H15N3O/c13-6-1-7-15-11-4-2-10(3-5-11)12-8-14-9-16-12/h2-5,8-9,15H,1,6-7,13H2. The Kier molecular flexibility index (Phi) is 3.56. The van der Waals surface area contributed by atoms with E-state index in [9.17, 15) is 0 Å². The first kappa shape index (κ1) is 10.7. The zero-order chi connectivity index (χ0) is 11.2. The molecule has 0 atom stereocenters. The summed E-state index contributed by atoms with van der Waals surface area (Å²) < 4.78 is 5.21. The molecular weight excluding hydrogens is 202 g/mol. The Hall–Kier alpha value is -1.81. The predicted molar refractivity (Wildman–Crippen MR) is 64.1 cm³/mol. The van der Waals surface area contributed by atoms with Crippen molar-refractivity contribution in [1.82, 2.24) is 4.98 Å². The van der Waals surface area contributed by atoms with Crippen LogP contribution in [-0.2, 0) is 0 Å². The van der Waals surface area contributed by atoms with Crippen LogP contribution in [0.15, 0.2) is 41.3 Å². The molecular formula is C12H15N3O. The van der Waals surface area contributed by atoms with Crippen molar-refractivity contribution in [2.75, 3.05) is 18.4 Å². The normalized spacial score (nSPS) is 10.3. The number of rotatable bonds is 5. The van der Waals surface area contributed by atoms with Crippen molar-refractivity contribution in [2.45, 2.75) is 6.42 Å². The Morgan fingerprint density at radius 3 is 2.69 bits per heavy atom. The number of oxazole rings is 1. The van der Waals surface area contributed by atoms with E-state index in [1.807, 2.05) is 24.3 Å². The molecule has 4 heteroatoms. The molecule has 0 saturated heterocycles. The molecule has 84 valence electrons. The zero-order valence-electron chi connectivity index (χ0n) is 9.02. The molecule has 0 aliphatic carbocycles. The summed E-state index contributed by atoms with van der Waals surface area (Å²) in [4.78, 5) is 3.89. The predicted octanol–water partition coefficient (Wildman–Crippen LogP) is 2.10. The van der Waals surface area contributed by atoms with Crippen LogP contribution in [0.5, 0.6) is 0 Å². The van der Waals surface area contributed by atoms with Gasteiger partial charge in [-0.3, -0.25) is 0 Å². The van der Waals surface area contributed by atoms with Gasteiger partial charge < -0.3 is 15.5 Å². The second-order valence-corrected chi connectivity index (χ2v) is 3.51. The fourth-order valence-corrected chi connectivity index (χ4v) is 1.45. The maximum Gasteiger partial charge on any atom is 0.181 e. The summed E-state index contributed by atoms with van der Waals surface area (Å²) in [5, 5.41) is 3.29. The van der Waals surface area contributed by atoms with Gasteiger partial charge in [-0.2, -0.15) is 0 Å². The van der Waals surface area contributed by atoms with Crippen LogP contribution in [0, 0.1) is 0 Å². The van der Waals surface area contributed by atoms with Crippen molar-refractivity contribution in [1.29, 1.82) is 0 Å². The van der Waals surface area contributed by atoms with E-state index in [-0.39, 0.29) is 0 Å². The lowest BCUT2D eigenvalue weighted by molar-refractivity contribution is 0.572. The van der Waals surface area contributed by atoms with E-state index < -0.39 is 0 Å². The molecule has 1 aromatic carbocycles. The molecule has 2 rings (SSSR count). The van der Waals surface area contributed by atoms with Gasteiger partial charge in [0.05, 0.1) is 6.20 Å². The van der Waals surface area contributed by atoms with Gasteiger partial charge in [0.1, 0.15) is 0 Å². The molecule has 0 spiro atoms. The molecule has 2 aromatic rings. The highest BCUT2D eigenvalue weighted by molar-refractivity contribution is 5.60. The maximum atomic E-state index is 5.42. The highest BCUT2D eigenvalue weighted by Crippen LogP contribution is 2.20. The molecule has 1 aromatic heterocycles. The van der Waals surface area contributed by atoms with E-state index in [1.54, 1.807) is 6.20 Å². The lowest BCUT2D eigenvalue weighted by Crippen LogP contribution is -2.08. The van der Waals surface area contributed by atoms with Crippen LogP contribution in [0.2, 0.25) is 0 Å². The number of benzene rings is 1. The average Bonchev–Trinajstić information content (AvgIpc) is 2.84. The number of hydrogen-bond donors (Lipinski definition) is 2. The average molecular weight is 217 g/mol. The first-order valence-corrected chi connectivity index (χ1v) is 5.33. The van der Waals surface area contributed by atoms with Crippen LogP contribution >= 0.6 is 0 Å². The molecule has 0 unspecified atom stereocenters. The van der Waals surface area contributed by atoms with Gasteiger partial charge in [-0.25, -0.2) is 4.98 Å². The second-order valence-electron chi connectivity index (χ2n) is 3.51. The molecule has 0 saturated carbocycles. The van der Waals surface area contributed by atoms with E-state index in [4.69, 9.17) is 10.2 Å². The molecule has 0 amide bonds. The van der Waals surface area contributed by atoms with E-state index in [1.165, 1.54) is 6.39 Å². The number of nitrogens with two attached hydrogens (primary N) is 1. The topological polar surface area (TPSA) is 64.1 Å². The Balaban J connectivity index is 2.00. The smallest absolute Gasteiger partial charge is 0.181 e. The number of aromatic nitrogens is 1. The molecule has 0 fully saturated rings. The number of anilines is 1. The Morgan fingerprint density at radius 1 is 1.25 bits per heavy atom. The van der Waals surface area contributed by atoms with Crippen molar-refractivity contribution >= 4 is 5.69 Å². The SMILES string of the molecule is NCCCNc1ccc(-c2cnco2)cc1. The maximum absolute atomic E-state index is 5.42. The van der Waals surface area contributed by atoms with Crippen molar-refractivity contribution in [3.05, 3.63) is 36.9 Å². The molecule has 0 radical (unpaired) electrons. The van der Waals surface area contributed by atoms with Crippen LogP contribution in [0.1, 0.15) is 6.42 Å². The van der Waals surface area contributed by atoms with Crippen molar-refractivity contribution in [2.24, 2.45) is 5.73 Å². The summed E-state index contributed by atoms with van der Waals surface area (Å²) in [6, 6.07) is 8.05. The monoisotopic (exact) mass is 217 g/mol. The molecule has 1 heterocycles. The van der Waals surface area contributed by atoms with Gasteiger partial charge in [-0.05, 0) is 37.2 Å². The van der Waals surface area contributed by atoms with Crippen molar-refractivity contribution < 1.29 is 4.42 Å². The fourth-order valence-electron chi connectivity index (χ4n) is 1.45. The summed E-state index contributed by atoms with van der Waals surface area (Å²) >= 11 is 0. The largest absolute Gasteiger partial charge is 0.444 e. The van der Waals surface area contributed by atoms with Crippen molar-refractivity contribution in [3.63, 3.8) is 0 Å².